The summed E-state index contributed by atoms with van der Waals surface area (Å²) in [5.74, 6) is -0.711. The van der Waals surface area contributed by atoms with Gasteiger partial charge >= 0.3 is 0 Å². The molecule has 3 nitrogen and oxygen atoms in total. The maximum absolute atomic E-state index is 5.64. The molecule has 1 rings (SSSR count). The summed E-state index contributed by atoms with van der Waals surface area (Å²) in [5, 5.41) is 0. The van der Waals surface area contributed by atoms with Gasteiger partial charge in [0.25, 0.3) is 5.91 Å². The van der Waals surface area contributed by atoms with Crippen LogP contribution in [0.15, 0.2) is 0 Å². The number of hydrogen-bond donors (Lipinski definition) is 1. The van der Waals surface area contributed by atoms with E-state index in [-0.39, 0.29) is 0 Å². The molecule has 114 valence electrons. The molecular weight excluding hydrogens is 238 g/mol. The second kappa shape index (κ2) is 10.6. The zero-order valence-corrected chi connectivity index (χ0v) is 12.8. The van der Waals surface area contributed by atoms with Crippen LogP contribution in [0.25, 0.3) is 0 Å². The van der Waals surface area contributed by atoms with Gasteiger partial charge in [0.1, 0.15) is 0 Å². The predicted octanol–water partition coefficient (Wildman–Crippen LogP) is 5.04. The number of hydrogen-bond acceptors (Lipinski definition) is 3. The van der Waals surface area contributed by atoms with Gasteiger partial charge in [0, 0.05) is 6.42 Å². The van der Waals surface area contributed by atoms with Crippen LogP contribution in [0.5, 0.6) is 0 Å². The van der Waals surface area contributed by atoms with Gasteiger partial charge in [-0.15, -0.1) is 0 Å². The van der Waals surface area contributed by atoms with Crippen molar-refractivity contribution in [2.24, 2.45) is 5.73 Å². The Hall–Kier alpha value is -0.120. The lowest BCUT2D eigenvalue weighted by molar-refractivity contribution is 0.0850. The van der Waals surface area contributed by atoms with Gasteiger partial charge in [-0.2, -0.15) is 9.78 Å². The van der Waals surface area contributed by atoms with Crippen LogP contribution >= 0.6 is 0 Å². The lowest BCUT2D eigenvalue weighted by atomic mass is 10.0. The van der Waals surface area contributed by atoms with Gasteiger partial charge < -0.3 is 0 Å². The quantitative estimate of drug-likeness (QED) is 0.273. The van der Waals surface area contributed by atoms with Crippen LogP contribution in [0.1, 0.15) is 96.8 Å². The fourth-order valence-corrected chi connectivity index (χ4v) is 2.53. The van der Waals surface area contributed by atoms with E-state index in [1.165, 1.54) is 77.0 Å². The molecule has 1 saturated heterocycles. The largest absolute Gasteiger partial charge is 0.285 e. The molecule has 0 aromatic carbocycles. The fourth-order valence-electron chi connectivity index (χ4n) is 2.53. The highest BCUT2D eigenvalue weighted by molar-refractivity contribution is 4.64. The zero-order valence-electron chi connectivity index (χ0n) is 12.8. The van der Waals surface area contributed by atoms with Gasteiger partial charge in [-0.05, 0) is 6.42 Å². The molecule has 0 atom stereocenters. The normalized spacial score (nSPS) is 16.7. The minimum Gasteiger partial charge on any atom is -0.276 e. The molecule has 3 heteroatoms. The van der Waals surface area contributed by atoms with Crippen molar-refractivity contribution in [2.45, 2.75) is 103 Å². The van der Waals surface area contributed by atoms with Crippen LogP contribution in [0.2, 0.25) is 0 Å². The summed E-state index contributed by atoms with van der Waals surface area (Å²) in [6, 6.07) is 0. The molecule has 0 spiro atoms. The molecule has 0 aliphatic carbocycles. The van der Waals surface area contributed by atoms with E-state index < -0.39 is 5.91 Å². The highest BCUT2D eigenvalue weighted by atomic mass is 17.4. The molecule has 1 fully saturated rings. The van der Waals surface area contributed by atoms with Gasteiger partial charge in [0.15, 0.2) is 0 Å². The van der Waals surface area contributed by atoms with Crippen LogP contribution < -0.4 is 5.73 Å². The Bertz CT molecular complexity index is 205. The van der Waals surface area contributed by atoms with E-state index in [1.807, 2.05) is 0 Å². The molecule has 1 aliphatic heterocycles. The molecule has 1 heterocycles. The smallest absolute Gasteiger partial charge is 0.276 e. The molecule has 0 unspecified atom stereocenters. The van der Waals surface area contributed by atoms with Crippen LogP contribution in [-0.2, 0) is 9.78 Å². The Morgan fingerprint density at radius 2 is 1.00 bits per heavy atom. The van der Waals surface area contributed by atoms with Crippen molar-refractivity contribution >= 4 is 0 Å². The standard InChI is InChI=1S/C16H33NO2/c1-2-3-4-5-6-7-8-9-10-11-12-13-14-15-16(17)18-19-16/h2-15,17H2,1H3. The van der Waals surface area contributed by atoms with E-state index in [0.717, 1.165) is 12.8 Å². The summed E-state index contributed by atoms with van der Waals surface area (Å²) in [6.07, 6.45) is 18.7. The van der Waals surface area contributed by atoms with Crippen molar-refractivity contribution in [1.29, 1.82) is 0 Å². The summed E-state index contributed by atoms with van der Waals surface area (Å²) in [7, 11) is 0. The van der Waals surface area contributed by atoms with Crippen molar-refractivity contribution in [1.82, 2.24) is 0 Å². The van der Waals surface area contributed by atoms with Crippen LogP contribution in [0, 0.1) is 0 Å². The first-order valence-electron chi connectivity index (χ1n) is 8.42. The first kappa shape index (κ1) is 16.9. The summed E-state index contributed by atoms with van der Waals surface area (Å²) in [4.78, 5) is 9.36. The highest BCUT2D eigenvalue weighted by Gasteiger charge is 2.43. The Morgan fingerprint density at radius 3 is 1.37 bits per heavy atom. The third-order valence-electron chi connectivity index (χ3n) is 3.93. The third-order valence-corrected chi connectivity index (χ3v) is 3.93. The van der Waals surface area contributed by atoms with Gasteiger partial charge in [-0.3, -0.25) is 5.73 Å². The lowest BCUT2D eigenvalue weighted by Gasteiger charge is -2.03. The lowest BCUT2D eigenvalue weighted by Crippen LogP contribution is -2.22. The molecule has 1 aliphatic rings. The van der Waals surface area contributed by atoms with Gasteiger partial charge in [-0.25, -0.2) is 0 Å². The van der Waals surface area contributed by atoms with Crippen molar-refractivity contribution < 1.29 is 9.78 Å². The van der Waals surface area contributed by atoms with Gasteiger partial charge in [0.2, 0.25) is 0 Å². The first-order valence-corrected chi connectivity index (χ1v) is 8.42. The fraction of sp³-hybridized carbons (Fsp3) is 1.00. The van der Waals surface area contributed by atoms with E-state index in [1.54, 1.807) is 0 Å². The van der Waals surface area contributed by atoms with E-state index in [9.17, 15) is 0 Å². The molecule has 0 amide bonds. The maximum Gasteiger partial charge on any atom is 0.285 e. The van der Waals surface area contributed by atoms with E-state index >= 15 is 0 Å². The SMILES string of the molecule is CCCCCCCCCCCCCCCC1(N)OO1. The molecule has 0 bridgehead atoms. The van der Waals surface area contributed by atoms with Crippen molar-refractivity contribution in [3.63, 3.8) is 0 Å². The van der Waals surface area contributed by atoms with Crippen molar-refractivity contribution in [2.75, 3.05) is 0 Å². The second-order valence-electron chi connectivity index (χ2n) is 5.97. The van der Waals surface area contributed by atoms with Crippen LogP contribution in [-0.4, -0.2) is 5.91 Å². The summed E-state index contributed by atoms with van der Waals surface area (Å²) < 4.78 is 0. The summed E-state index contributed by atoms with van der Waals surface area (Å²) in [6.45, 7) is 2.28. The van der Waals surface area contributed by atoms with Crippen molar-refractivity contribution in [3.8, 4) is 0 Å². The molecule has 0 saturated carbocycles. The van der Waals surface area contributed by atoms with E-state index in [2.05, 4.69) is 16.7 Å². The monoisotopic (exact) mass is 271 g/mol. The van der Waals surface area contributed by atoms with E-state index in [4.69, 9.17) is 5.73 Å². The Kier molecular flexibility index (Phi) is 9.48. The molecular formula is C16H33NO2. The molecule has 0 aromatic heterocycles. The summed E-state index contributed by atoms with van der Waals surface area (Å²) in [5.41, 5.74) is 5.64. The average Bonchev–Trinajstić information content (AvgIpc) is 3.13. The number of nitrogens with two attached hydrogens (primary N) is 1. The van der Waals surface area contributed by atoms with Gasteiger partial charge in [0.05, 0.1) is 0 Å². The highest BCUT2D eigenvalue weighted by Crippen LogP contribution is 2.28. The summed E-state index contributed by atoms with van der Waals surface area (Å²) >= 11 is 0. The minimum atomic E-state index is -0.711. The minimum absolute atomic E-state index is 0.711. The molecule has 19 heavy (non-hydrogen) atoms. The molecule has 0 radical (unpaired) electrons. The molecule has 2 N–H and O–H groups in total. The second-order valence-corrected chi connectivity index (χ2v) is 5.97. The maximum atomic E-state index is 5.64. The Labute approximate surface area is 119 Å². The first-order chi connectivity index (χ1) is 9.27. The zero-order chi connectivity index (χ0) is 13.8. The van der Waals surface area contributed by atoms with Gasteiger partial charge in [-0.1, -0.05) is 84.0 Å². The number of unbranched alkanes of at least 4 members (excludes halogenated alkanes) is 12. The average molecular weight is 271 g/mol. The predicted molar refractivity (Wildman–Crippen MR) is 79.4 cm³/mol. The van der Waals surface area contributed by atoms with Crippen LogP contribution in [0.4, 0.5) is 0 Å². The topological polar surface area (TPSA) is 51.1 Å². The van der Waals surface area contributed by atoms with E-state index in [0.29, 0.717) is 0 Å². The van der Waals surface area contributed by atoms with Crippen LogP contribution in [0.3, 0.4) is 0 Å². The van der Waals surface area contributed by atoms with Crippen molar-refractivity contribution in [3.05, 3.63) is 0 Å². The Balaban J connectivity index is 1.65. The number of rotatable bonds is 14. The molecule has 0 aromatic rings. The Morgan fingerprint density at radius 1 is 0.632 bits per heavy atom. The third kappa shape index (κ3) is 10.3.